The molecular formula is C23H17Cl3FeN5. The summed E-state index contributed by atoms with van der Waals surface area (Å²) in [7, 11) is 0. The van der Waals surface area contributed by atoms with Gasteiger partial charge in [-0.05, 0) is 36.4 Å². The van der Waals surface area contributed by atoms with E-state index in [1.807, 2.05) is 76.1 Å². The molecule has 0 atom stereocenters. The minimum atomic E-state index is 0. The number of hydrogen-bond acceptors (Lipinski definition) is 3. The second-order valence-corrected chi connectivity index (χ2v) is 6.32. The Hall–Kier alpha value is -2.60. The van der Waals surface area contributed by atoms with Crippen molar-refractivity contribution >= 4 is 0 Å². The molecule has 5 aromatic rings. The van der Waals surface area contributed by atoms with Crippen LogP contribution >= 0.6 is 0 Å². The number of nitrogens with zero attached hydrogens (tertiary/aromatic N) is 5. The molecule has 2 aromatic carbocycles. The average Bonchev–Trinajstić information content (AvgIpc) is 3.45. The summed E-state index contributed by atoms with van der Waals surface area (Å²) in [5, 5.41) is 0. The summed E-state index contributed by atoms with van der Waals surface area (Å²) in [5.41, 5.74) is 3.70. The van der Waals surface area contributed by atoms with Gasteiger partial charge in [-0.3, -0.25) is 9.13 Å². The third-order valence-electron chi connectivity index (χ3n) is 4.56. The summed E-state index contributed by atoms with van der Waals surface area (Å²) in [6.45, 7) is 0. The van der Waals surface area contributed by atoms with Crippen LogP contribution in [0.5, 0.6) is 0 Å². The van der Waals surface area contributed by atoms with Crippen LogP contribution in [-0.2, 0) is 17.1 Å². The van der Waals surface area contributed by atoms with Crippen LogP contribution in [0.15, 0.2) is 104 Å². The van der Waals surface area contributed by atoms with E-state index >= 15 is 0 Å². The van der Waals surface area contributed by atoms with Crippen molar-refractivity contribution in [2.24, 2.45) is 0 Å². The molecule has 5 nitrogen and oxygen atoms in total. The van der Waals surface area contributed by atoms with E-state index in [1.165, 1.54) is 0 Å². The smallest absolute Gasteiger partial charge is 1.00 e. The maximum absolute atomic E-state index is 4.86. The monoisotopic (exact) mass is 524 g/mol. The first-order valence-electron chi connectivity index (χ1n) is 9.05. The van der Waals surface area contributed by atoms with Crippen LogP contribution < -0.4 is 37.2 Å². The van der Waals surface area contributed by atoms with E-state index in [2.05, 4.69) is 34.2 Å². The predicted molar refractivity (Wildman–Crippen MR) is 109 cm³/mol. The standard InChI is InChI=1S/C23H17N5.3ClH.Fe/c1-3-8-18(9-4-1)27-16-14-24-22(27)20-12-7-13-21(26-20)23-25-15-17-28(23)19-10-5-2-6-11-19;;;;/h1-17H;3*1H;/q;;;;+3/p-3. The van der Waals surface area contributed by atoms with Crippen LogP contribution in [0.3, 0.4) is 0 Å². The third-order valence-corrected chi connectivity index (χ3v) is 4.56. The molecule has 9 heteroatoms. The first kappa shape index (κ1) is 27.4. The normalized spacial score (nSPS) is 9.50. The van der Waals surface area contributed by atoms with Gasteiger partial charge in [0.25, 0.3) is 0 Å². The van der Waals surface area contributed by atoms with Crippen molar-refractivity contribution in [2.75, 3.05) is 0 Å². The van der Waals surface area contributed by atoms with Crippen LogP contribution in [0.2, 0.25) is 0 Å². The summed E-state index contributed by atoms with van der Waals surface area (Å²) in [6.07, 6.45) is 7.48. The van der Waals surface area contributed by atoms with Gasteiger partial charge in [-0.15, -0.1) is 0 Å². The molecule has 0 saturated heterocycles. The Labute approximate surface area is 215 Å². The molecular weight excluding hydrogens is 508 g/mol. The van der Waals surface area contributed by atoms with Crippen molar-refractivity contribution in [2.45, 2.75) is 0 Å². The SMILES string of the molecule is [Cl-].[Cl-].[Cl-].[Fe+3].c1ccc(-n2ccnc2-c2cccc(-c3nccn3-c3ccccc3)n2)cc1. The van der Waals surface area contributed by atoms with Gasteiger partial charge < -0.3 is 37.2 Å². The fraction of sp³-hybridized carbons (Fsp3) is 0. The molecule has 0 aliphatic rings. The molecule has 0 saturated carbocycles. The van der Waals surface area contributed by atoms with Crippen molar-refractivity contribution in [3.05, 3.63) is 104 Å². The third kappa shape index (κ3) is 5.41. The Kier molecular flexibility index (Phi) is 10.7. The molecule has 0 fully saturated rings. The average molecular weight is 526 g/mol. The molecule has 32 heavy (non-hydrogen) atoms. The molecule has 0 amide bonds. The molecule has 0 bridgehead atoms. The first-order valence-corrected chi connectivity index (χ1v) is 9.05. The van der Waals surface area contributed by atoms with E-state index in [-0.39, 0.29) is 54.3 Å². The molecule has 0 aliphatic heterocycles. The van der Waals surface area contributed by atoms with E-state index in [1.54, 1.807) is 12.4 Å². The van der Waals surface area contributed by atoms with Crippen LogP contribution in [-0.4, -0.2) is 24.1 Å². The quantitative estimate of drug-likeness (QED) is 0.224. The maximum atomic E-state index is 4.86. The minimum Gasteiger partial charge on any atom is -1.00 e. The summed E-state index contributed by atoms with van der Waals surface area (Å²) in [5.74, 6) is 1.59. The summed E-state index contributed by atoms with van der Waals surface area (Å²) < 4.78 is 4.07. The fourth-order valence-electron chi connectivity index (χ4n) is 3.26. The van der Waals surface area contributed by atoms with Gasteiger partial charge in [0.2, 0.25) is 0 Å². The van der Waals surface area contributed by atoms with E-state index < -0.39 is 0 Å². The zero-order chi connectivity index (χ0) is 18.8. The van der Waals surface area contributed by atoms with Crippen molar-refractivity contribution in [1.82, 2.24) is 24.1 Å². The Morgan fingerprint density at radius 3 is 1.31 bits per heavy atom. The Balaban J connectivity index is 0.00000128. The van der Waals surface area contributed by atoms with E-state index in [0.29, 0.717) is 0 Å². The number of imidazole rings is 2. The Bertz CT molecular complexity index is 1130. The van der Waals surface area contributed by atoms with Crippen LogP contribution in [0.4, 0.5) is 0 Å². The molecule has 0 N–H and O–H groups in total. The number of para-hydroxylation sites is 2. The number of aromatic nitrogens is 5. The zero-order valence-electron chi connectivity index (χ0n) is 16.5. The van der Waals surface area contributed by atoms with Gasteiger partial charge in [0.1, 0.15) is 11.4 Å². The molecule has 163 valence electrons. The predicted octanol–water partition coefficient (Wildman–Crippen LogP) is -4.20. The Morgan fingerprint density at radius 1 is 0.500 bits per heavy atom. The van der Waals surface area contributed by atoms with E-state index in [4.69, 9.17) is 4.98 Å². The maximum Gasteiger partial charge on any atom is 3.00 e. The number of halogens is 3. The van der Waals surface area contributed by atoms with Gasteiger partial charge in [-0.25, -0.2) is 15.0 Å². The Morgan fingerprint density at radius 2 is 0.906 bits per heavy atom. The van der Waals surface area contributed by atoms with Crippen molar-refractivity contribution in [3.63, 3.8) is 0 Å². The van der Waals surface area contributed by atoms with Crippen LogP contribution in [0.25, 0.3) is 34.4 Å². The summed E-state index contributed by atoms with van der Waals surface area (Å²) >= 11 is 0. The largest absolute Gasteiger partial charge is 3.00 e. The molecule has 5 rings (SSSR count). The molecule has 0 unspecified atom stereocenters. The van der Waals surface area contributed by atoms with Gasteiger partial charge in [-0.2, -0.15) is 0 Å². The van der Waals surface area contributed by atoms with E-state index in [0.717, 1.165) is 34.4 Å². The van der Waals surface area contributed by atoms with Gasteiger partial charge in [0.05, 0.1) is 0 Å². The number of rotatable bonds is 4. The number of hydrogen-bond donors (Lipinski definition) is 0. The molecule has 1 radical (unpaired) electrons. The molecule has 3 heterocycles. The van der Waals surface area contributed by atoms with Crippen molar-refractivity contribution in [3.8, 4) is 34.4 Å². The second kappa shape index (κ2) is 12.4. The van der Waals surface area contributed by atoms with Crippen molar-refractivity contribution in [1.29, 1.82) is 0 Å². The number of benzene rings is 2. The molecule has 0 spiro atoms. The summed E-state index contributed by atoms with van der Waals surface area (Å²) in [4.78, 5) is 13.9. The minimum absolute atomic E-state index is 0. The fourth-order valence-corrected chi connectivity index (χ4v) is 3.26. The van der Waals surface area contributed by atoms with Gasteiger partial charge >= 0.3 is 17.1 Å². The molecule has 3 aromatic heterocycles. The van der Waals surface area contributed by atoms with Gasteiger partial charge in [0, 0.05) is 36.2 Å². The summed E-state index contributed by atoms with van der Waals surface area (Å²) in [6, 6.07) is 26.2. The van der Waals surface area contributed by atoms with Crippen LogP contribution in [0.1, 0.15) is 0 Å². The van der Waals surface area contributed by atoms with E-state index in [9.17, 15) is 0 Å². The topological polar surface area (TPSA) is 48.5 Å². The van der Waals surface area contributed by atoms with Crippen LogP contribution in [0, 0.1) is 0 Å². The second-order valence-electron chi connectivity index (χ2n) is 6.32. The molecule has 0 aliphatic carbocycles. The van der Waals surface area contributed by atoms with Gasteiger partial charge in [0.15, 0.2) is 11.6 Å². The number of pyridine rings is 1. The first-order chi connectivity index (χ1) is 13.9. The van der Waals surface area contributed by atoms with Gasteiger partial charge in [-0.1, -0.05) is 42.5 Å². The zero-order valence-corrected chi connectivity index (χ0v) is 19.9. The van der Waals surface area contributed by atoms with Crippen molar-refractivity contribution < 1.29 is 54.3 Å².